The quantitative estimate of drug-likeness (QED) is 0.443. The summed E-state index contributed by atoms with van der Waals surface area (Å²) in [4.78, 5) is 12.3. The summed E-state index contributed by atoms with van der Waals surface area (Å²) in [5.74, 6) is -6.40. The Kier molecular flexibility index (Phi) is 3.01. The fourth-order valence-electron chi connectivity index (χ4n) is 2.47. The van der Waals surface area contributed by atoms with Gasteiger partial charge in [-0.2, -0.15) is 0 Å². The van der Waals surface area contributed by atoms with Crippen LogP contribution in [0.2, 0.25) is 0 Å². The van der Waals surface area contributed by atoms with Crippen molar-refractivity contribution in [2.45, 2.75) is 12.2 Å². The molecule has 0 saturated heterocycles. The van der Waals surface area contributed by atoms with Crippen LogP contribution in [0.15, 0.2) is 24.3 Å². The molecule has 120 valence electrons. The molecular formula is C15H12O8. The highest BCUT2D eigenvalue weighted by Gasteiger charge is 2.48. The van der Waals surface area contributed by atoms with Crippen LogP contribution >= 0.6 is 0 Å². The predicted molar refractivity (Wildman–Crippen MR) is 74.8 cm³/mol. The van der Waals surface area contributed by atoms with Crippen molar-refractivity contribution in [3.8, 4) is 34.5 Å². The molecule has 0 bridgehead atoms. The van der Waals surface area contributed by atoms with E-state index in [1.807, 2.05) is 0 Å². The number of carbonyl (C=O) groups is 1. The molecule has 2 aromatic rings. The number of ether oxygens (including phenoxy) is 1. The molecule has 0 spiro atoms. The van der Waals surface area contributed by atoms with Gasteiger partial charge in [0.1, 0.15) is 22.8 Å². The van der Waals surface area contributed by atoms with Gasteiger partial charge in [0.05, 0.1) is 0 Å². The molecule has 0 amide bonds. The van der Waals surface area contributed by atoms with E-state index in [1.165, 1.54) is 0 Å². The van der Waals surface area contributed by atoms with Gasteiger partial charge in [0.15, 0.2) is 17.2 Å². The van der Waals surface area contributed by atoms with Gasteiger partial charge < -0.3 is 35.4 Å². The molecule has 3 rings (SSSR count). The number of benzene rings is 2. The number of hydrogen-bond donors (Lipinski definition) is 6. The van der Waals surface area contributed by atoms with Crippen LogP contribution in [0.3, 0.4) is 0 Å². The third-order valence-electron chi connectivity index (χ3n) is 3.50. The van der Waals surface area contributed by atoms with Gasteiger partial charge in [-0.05, 0) is 17.7 Å². The third kappa shape index (κ3) is 2.25. The molecule has 1 atom stereocenters. The standard InChI is InChI=1S/C15H12O8/c16-7-3-8(17)12-11(4-7)23-15(22,14(12)21)5-6-1-9(18)13(20)10(19)2-6/h1-4,16-20,22H,5H2/t15-/m1/s1. The van der Waals surface area contributed by atoms with Crippen molar-refractivity contribution < 1.29 is 40.2 Å². The fraction of sp³-hybridized carbons (Fsp3) is 0.133. The second-order valence-corrected chi connectivity index (χ2v) is 5.21. The van der Waals surface area contributed by atoms with E-state index in [1.54, 1.807) is 0 Å². The fourth-order valence-corrected chi connectivity index (χ4v) is 2.47. The average molecular weight is 320 g/mol. The van der Waals surface area contributed by atoms with Gasteiger partial charge >= 0.3 is 0 Å². The highest BCUT2D eigenvalue weighted by molar-refractivity contribution is 6.08. The number of rotatable bonds is 2. The highest BCUT2D eigenvalue weighted by Crippen LogP contribution is 2.44. The van der Waals surface area contributed by atoms with E-state index >= 15 is 0 Å². The molecule has 1 aliphatic rings. The second kappa shape index (κ2) is 4.68. The van der Waals surface area contributed by atoms with Crippen molar-refractivity contribution in [2.75, 3.05) is 0 Å². The molecule has 6 N–H and O–H groups in total. The molecule has 0 unspecified atom stereocenters. The van der Waals surface area contributed by atoms with Crippen LogP contribution in [0.25, 0.3) is 0 Å². The molecule has 8 heteroatoms. The number of Topliss-reactive ketones (excluding diaryl/α,β-unsaturated/α-hetero) is 1. The lowest BCUT2D eigenvalue weighted by Gasteiger charge is -2.20. The Morgan fingerprint density at radius 2 is 1.52 bits per heavy atom. The van der Waals surface area contributed by atoms with Crippen molar-refractivity contribution in [1.29, 1.82) is 0 Å². The SMILES string of the molecule is O=C1c2c(O)cc(O)cc2O[C@]1(O)Cc1cc(O)c(O)c(O)c1. The number of hydrogen-bond acceptors (Lipinski definition) is 8. The van der Waals surface area contributed by atoms with Gasteiger partial charge in [-0.25, -0.2) is 0 Å². The zero-order valence-corrected chi connectivity index (χ0v) is 11.5. The number of aromatic hydroxyl groups is 5. The van der Waals surface area contributed by atoms with Crippen LogP contribution in [-0.2, 0) is 6.42 Å². The molecule has 2 aromatic carbocycles. The number of ketones is 1. The largest absolute Gasteiger partial charge is 0.508 e. The summed E-state index contributed by atoms with van der Waals surface area (Å²) in [5, 5.41) is 57.8. The van der Waals surface area contributed by atoms with Crippen molar-refractivity contribution in [3.63, 3.8) is 0 Å². The number of phenols is 5. The van der Waals surface area contributed by atoms with Gasteiger partial charge in [0.2, 0.25) is 5.78 Å². The van der Waals surface area contributed by atoms with E-state index < -0.39 is 41.0 Å². The van der Waals surface area contributed by atoms with Crippen molar-refractivity contribution >= 4 is 5.78 Å². The van der Waals surface area contributed by atoms with Crippen LogP contribution in [0.1, 0.15) is 15.9 Å². The topological polar surface area (TPSA) is 148 Å². The Labute approximate surface area is 129 Å². The maximum atomic E-state index is 12.3. The van der Waals surface area contributed by atoms with E-state index in [2.05, 4.69) is 0 Å². The molecule has 0 aromatic heterocycles. The molecule has 0 radical (unpaired) electrons. The molecule has 1 aliphatic heterocycles. The zero-order valence-electron chi connectivity index (χ0n) is 11.5. The van der Waals surface area contributed by atoms with E-state index in [9.17, 15) is 35.4 Å². The van der Waals surface area contributed by atoms with Gasteiger partial charge in [-0.15, -0.1) is 0 Å². The number of carbonyl (C=O) groups excluding carboxylic acids is 1. The first-order valence-corrected chi connectivity index (χ1v) is 6.47. The van der Waals surface area contributed by atoms with Gasteiger partial charge in [0, 0.05) is 18.6 Å². The summed E-state index contributed by atoms with van der Waals surface area (Å²) >= 11 is 0. The summed E-state index contributed by atoms with van der Waals surface area (Å²) in [6.45, 7) is 0. The van der Waals surface area contributed by atoms with Gasteiger partial charge in [-0.3, -0.25) is 4.79 Å². The summed E-state index contributed by atoms with van der Waals surface area (Å²) in [7, 11) is 0. The normalized spacial score (nSPS) is 19.4. The van der Waals surface area contributed by atoms with E-state index in [4.69, 9.17) is 4.74 Å². The Morgan fingerprint density at radius 3 is 2.13 bits per heavy atom. The lowest BCUT2D eigenvalue weighted by atomic mass is 9.97. The van der Waals surface area contributed by atoms with E-state index in [0.29, 0.717) is 0 Å². The molecule has 0 aliphatic carbocycles. The first-order valence-electron chi connectivity index (χ1n) is 6.47. The van der Waals surface area contributed by atoms with Crippen LogP contribution < -0.4 is 4.74 Å². The summed E-state index contributed by atoms with van der Waals surface area (Å²) in [5.41, 5.74) is -0.178. The number of phenolic OH excluding ortho intramolecular Hbond substituents is 5. The lowest BCUT2D eigenvalue weighted by molar-refractivity contribution is -0.0889. The minimum absolute atomic E-state index is 0.102. The lowest BCUT2D eigenvalue weighted by Crippen LogP contribution is -2.42. The van der Waals surface area contributed by atoms with Crippen LogP contribution in [0, 0.1) is 0 Å². The average Bonchev–Trinajstić information content (AvgIpc) is 2.67. The monoisotopic (exact) mass is 320 g/mol. The molecule has 0 fully saturated rings. The molecule has 23 heavy (non-hydrogen) atoms. The maximum absolute atomic E-state index is 12.3. The minimum atomic E-state index is -2.39. The first kappa shape index (κ1) is 14.8. The van der Waals surface area contributed by atoms with E-state index in [-0.39, 0.29) is 22.6 Å². The molecule has 8 nitrogen and oxygen atoms in total. The van der Waals surface area contributed by atoms with Crippen molar-refractivity contribution in [3.05, 3.63) is 35.4 Å². The summed E-state index contributed by atoms with van der Waals surface area (Å²) in [6.07, 6.45) is -0.470. The van der Waals surface area contributed by atoms with Gasteiger partial charge in [0.25, 0.3) is 5.79 Å². The predicted octanol–water partition coefficient (Wildman–Crippen LogP) is 0.721. The smallest absolute Gasteiger partial charge is 0.277 e. The van der Waals surface area contributed by atoms with Crippen LogP contribution in [0.4, 0.5) is 0 Å². The van der Waals surface area contributed by atoms with Crippen LogP contribution in [-0.4, -0.2) is 42.2 Å². The Hall–Kier alpha value is -3.13. The first-order chi connectivity index (χ1) is 10.7. The maximum Gasteiger partial charge on any atom is 0.277 e. The van der Waals surface area contributed by atoms with E-state index in [0.717, 1.165) is 24.3 Å². The summed E-state index contributed by atoms with van der Waals surface area (Å²) < 4.78 is 5.14. The Balaban J connectivity index is 1.99. The Bertz CT molecular complexity index is 805. The van der Waals surface area contributed by atoms with Gasteiger partial charge in [-0.1, -0.05) is 0 Å². The van der Waals surface area contributed by atoms with Crippen LogP contribution in [0.5, 0.6) is 34.5 Å². The molecule has 0 saturated carbocycles. The Morgan fingerprint density at radius 1 is 0.913 bits per heavy atom. The molecular weight excluding hydrogens is 308 g/mol. The van der Waals surface area contributed by atoms with Crippen molar-refractivity contribution in [2.24, 2.45) is 0 Å². The molecule has 1 heterocycles. The highest BCUT2D eigenvalue weighted by atomic mass is 16.6. The minimum Gasteiger partial charge on any atom is -0.508 e. The third-order valence-corrected chi connectivity index (χ3v) is 3.50. The zero-order chi connectivity index (χ0) is 16.9. The number of fused-ring (bicyclic) bond motifs is 1. The van der Waals surface area contributed by atoms with Crippen molar-refractivity contribution in [1.82, 2.24) is 0 Å². The second-order valence-electron chi connectivity index (χ2n) is 5.21. The summed E-state index contributed by atoms with van der Waals surface area (Å²) in [6, 6.07) is 4.09. The number of aliphatic hydroxyl groups is 1.